The van der Waals surface area contributed by atoms with Crippen LogP contribution in [0.3, 0.4) is 0 Å². The third-order valence-corrected chi connectivity index (χ3v) is 3.55. The van der Waals surface area contributed by atoms with Crippen LogP contribution in [0.2, 0.25) is 0 Å². The molecule has 0 heterocycles. The second-order valence-electron chi connectivity index (χ2n) is 4.62. The minimum absolute atomic E-state index is 0. The first-order valence-electron chi connectivity index (χ1n) is 6.42. The highest BCUT2D eigenvalue weighted by Gasteiger charge is 2.26. The van der Waals surface area contributed by atoms with Crippen molar-refractivity contribution in [3.63, 3.8) is 0 Å². The summed E-state index contributed by atoms with van der Waals surface area (Å²) in [6.45, 7) is 4.13. The number of hydrogen-bond acceptors (Lipinski definition) is 2. The van der Waals surface area contributed by atoms with Crippen LogP contribution in [0.15, 0.2) is 18.2 Å². The number of rotatable bonds is 6. The van der Waals surface area contributed by atoms with Crippen molar-refractivity contribution in [2.24, 2.45) is 5.73 Å². The lowest BCUT2D eigenvalue weighted by Crippen LogP contribution is -2.53. The topological polar surface area (TPSA) is 55.1 Å². The molecule has 0 saturated heterocycles. The van der Waals surface area contributed by atoms with Crippen molar-refractivity contribution in [1.29, 1.82) is 0 Å². The Morgan fingerprint density at radius 3 is 2.15 bits per heavy atom. The van der Waals surface area contributed by atoms with Crippen molar-refractivity contribution < 1.29 is 13.6 Å². The molecular formula is C14H21ClF2N2O. The van der Waals surface area contributed by atoms with Crippen LogP contribution in [-0.2, 0) is 11.2 Å². The van der Waals surface area contributed by atoms with E-state index in [1.54, 1.807) is 0 Å². The van der Waals surface area contributed by atoms with E-state index in [0.717, 1.165) is 12.1 Å². The lowest BCUT2D eigenvalue weighted by molar-refractivity contribution is -0.122. The van der Waals surface area contributed by atoms with Crippen molar-refractivity contribution in [2.45, 2.75) is 38.6 Å². The molecule has 6 heteroatoms. The summed E-state index contributed by atoms with van der Waals surface area (Å²) in [5, 5.41) is 2.79. The first-order valence-corrected chi connectivity index (χ1v) is 6.42. The van der Waals surface area contributed by atoms with Crippen LogP contribution in [0, 0.1) is 11.6 Å². The lowest BCUT2D eigenvalue weighted by Gasteiger charge is -2.31. The van der Waals surface area contributed by atoms with Gasteiger partial charge in [0.2, 0.25) is 5.91 Å². The molecule has 0 saturated carbocycles. The van der Waals surface area contributed by atoms with E-state index >= 15 is 0 Å². The minimum Gasteiger partial charge on any atom is -0.349 e. The van der Waals surface area contributed by atoms with Gasteiger partial charge in [0.25, 0.3) is 0 Å². The fourth-order valence-corrected chi connectivity index (χ4v) is 1.97. The van der Waals surface area contributed by atoms with Gasteiger partial charge in [-0.3, -0.25) is 4.79 Å². The van der Waals surface area contributed by atoms with Gasteiger partial charge in [-0.2, -0.15) is 0 Å². The summed E-state index contributed by atoms with van der Waals surface area (Å²) < 4.78 is 26.9. The first-order chi connectivity index (χ1) is 8.98. The van der Waals surface area contributed by atoms with Crippen molar-refractivity contribution in [3.05, 3.63) is 35.4 Å². The molecular weight excluding hydrogens is 286 g/mol. The van der Waals surface area contributed by atoms with Gasteiger partial charge in [0.15, 0.2) is 0 Å². The van der Waals surface area contributed by atoms with Gasteiger partial charge in [0.1, 0.15) is 11.6 Å². The molecule has 0 unspecified atom stereocenters. The van der Waals surface area contributed by atoms with E-state index in [1.165, 1.54) is 6.07 Å². The van der Waals surface area contributed by atoms with Crippen molar-refractivity contribution >= 4 is 18.3 Å². The van der Waals surface area contributed by atoms with Gasteiger partial charge < -0.3 is 11.1 Å². The first kappa shape index (κ1) is 18.8. The fraction of sp³-hybridized carbons (Fsp3) is 0.500. The second kappa shape index (κ2) is 8.17. The number of amides is 1. The van der Waals surface area contributed by atoms with E-state index in [4.69, 9.17) is 5.73 Å². The smallest absolute Gasteiger partial charge is 0.225 e. The summed E-state index contributed by atoms with van der Waals surface area (Å²) in [6, 6.07) is 3.55. The SMILES string of the molecule is CCC(CC)(CN)NC(=O)Cc1c(F)cccc1F.Cl. The van der Waals surface area contributed by atoms with Crippen LogP contribution in [0.1, 0.15) is 32.3 Å². The number of benzene rings is 1. The third-order valence-electron chi connectivity index (χ3n) is 3.55. The van der Waals surface area contributed by atoms with Crippen LogP contribution in [-0.4, -0.2) is 18.0 Å². The van der Waals surface area contributed by atoms with E-state index in [0.29, 0.717) is 19.4 Å². The minimum atomic E-state index is -0.707. The summed E-state index contributed by atoms with van der Waals surface area (Å²) in [6.07, 6.45) is 1.03. The third kappa shape index (κ3) is 4.42. The van der Waals surface area contributed by atoms with Gasteiger partial charge in [-0.05, 0) is 25.0 Å². The van der Waals surface area contributed by atoms with Gasteiger partial charge in [-0.15, -0.1) is 12.4 Å². The Labute approximate surface area is 124 Å². The van der Waals surface area contributed by atoms with Crippen LogP contribution in [0.5, 0.6) is 0 Å². The highest BCUT2D eigenvalue weighted by molar-refractivity contribution is 5.85. The maximum atomic E-state index is 13.4. The number of carbonyl (C=O) groups excluding carboxylic acids is 1. The summed E-state index contributed by atoms with van der Waals surface area (Å²) in [4.78, 5) is 11.9. The Morgan fingerprint density at radius 2 is 1.75 bits per heavy atom. The Hall–Kier alpha value is -1.20. The maximum absolute atomic E-state index is 13.4. The number of halogens is 3. The molecule has 0 aliphatic carbocycles. The normalized spacial score (nSPS) is 10.8. The molecule has 20 heavy (non-hydrogen) atoms. The molecule has 1 aromatic carbocycles. The lowest BCUT2D eigenvalue weighted by atomic mass is 9.92. The largest absolute Gasteiger partial charge is 0.349 e. The number of nitrogens with two attached hydrogens (primary N) is 1. The van der Waals surface area contributed by atoms with E-state index in [1.807, 2.05) is 13.8 Å². The fourth-order valence-electron chi connectivity index (χ4n) is 1.97. The van der Waals surface area contributed by atoms with Crippen molar-refractivity contribution in [1.82, 2.24) is 5.32 Å². The Morgan fingerprint density at radius 1 is 1.25 bits per heavy atom. The molecule has 0 atom stereocenters. The molecule has 114 valence electrons. The second-order valence-corrected chi connectivity index (χ2v) is 4.62. The van der Waals surface area contributed by atoms with Crippen LogP contribution in [0.25, 0.3) is 0 Å². The van der Waals surface area contributed by atoms with Crippen LogP contribution in [0.4, 0.5) is 8.78 Å². The Kier molecular flexibility index (Phi) is 7.68. The number of hydrogen-bond donors (Lipinski definition) is 2. The highest BCUT2D eigenvalue weighted by Crippen LogP contribution is 2.16. The van der Waals surface area contributed by atoms with E-state index in [2.05, 4.69) is 5.32 Å². The molecule has 1 aromatic rings. The summed E-state index contributed by atoms with van der Waals surface area (Å²) in [5.41, 5.74) is 4.96. The molecule has 1 amide bonds. The highest BCUT2D eigenvalue weighted by atomic mass is 35.5. The zero-order valence-electron chi connectivity index (χ0n) is 11.7. The number of nitrogens with one attached hydrogen (secondary N) is 1. The average molecular weight is 307 g/mol. The van der Waals surface area contributed by atoms with Gasteiger partial charge in [0, 0.05) is 12.1 Å². The Balaban J connectivity index is 0.00000361. The standard InChI is InChI=1S/C14H20F2N2O.ClH/c1-3-14(4-2,9-17)18-13(19)8-10-11(15)6-5-7-12(10)16;/h5-7H,3-4,8-9,17H2,1-2H3,(H,18,19);1H. The van der Waals surface area contributed by atoms with Crippen molar-refractivity contribution in [3.8, 4) is 0 Å². The summed E-state index contributed by atoms with van der Waals surface area (Å²) in [7, 11) is 0. The van der Waals surface area contributed by atoms with Crippen LogP contribution < -0.4 is 11.1 Å². The van der Waals surface area contributed by atoms with E-state index in [9.17, 15) is 13.6 Å². The summed E-state index contributed by atoms with van der Waals surface area (Å²) in [5.74, 6) is -1.83. The van der Waals surface area contributed by atoms with E-state index < -0.39 is 23.1 Å². The van der Waals surface area contributed by atoms with Crippen LogP contribution >= 0.6 is 12.4 Å². The van der Waals surface area contributed by atoms with Gasteiger partial charge in [0.05, 0.1) is 12.0 Å². The zero-order chi connectivity index (χ0) is 14.5. The molecule has 3 nitrogen and oxygen atoms in total. The molecule has 0 aliphatic rings. The van der Waals surface area contributed by atoms with Gasteiger partial charge in [-0.1, -0.05) is 19.9 Å². The molecule has 1 rings (SSSR count). The molecule has 0 bridgehead atoms. The molecule has 0 spiro atoms. The number of carbonyl (C=O) groups is 1. The average Bonchev–Trinajstić information content (AvgIpc) is 2.41. The molecule has 0 aliphatic heterocycles. The maximum Gasteiger partial charge on any atom is 0.225 e. The monoisotopic (exact) mass is 306 g/mol. The molecule has 0 radical (unpaired) electrons. The van der Waals surface area contributed by atoms with Crippen molar-refractivity contribution in [2.75, 3.05) is 6.54 Å². The zero-order valence-corrected chi connectivity index (χ0v) is 12.5. The van der Waals surface area contributed by atoms with E-state index in [-0.39, 0.29) is 24.4 Å². The quantitative estimate of drug-likeness (QED) is 0.848. The Bertz CT molecular complexity index is 422. The van der Waals surface area contributed by atoms with Gasteiger partial charge in [-0.25, -0.2) is 8.78 Å². The molecule has 3 N–H and O–H groups in total. The van der Waals surface area contributed by atoms with Gasteiger partial charge >= 0.3 is 0 Å². The predicted octanol–water partition coefficient (Wildman–Crippen LogP) is 2.56. The summed E-state index contributed by atoms with van der Waals surface area (Å²) >= 11 is 0. The molecule has 0 aromatic heterocycles. The molecule has 0 fully saturated rings. The predicted molar refractivity (Wildman–Crippen MR) is 77.8 cm³/mol.